The van der Waals surface area contributed by atoms with Crippen LogP contribution in [0.3, 0.4) is 0 Å². The van der Waals surface area contributed by atoms with Gasteiger partial charge in [0.2, 0.25) is 0 Å². The van der Waals surface area contributed by atoms with Crippen LogP contribution in [-0.2, 0) is 0 Å². The van der Waals surface area contributed by atoms with Crippen LogP contribution in [0.25, 0.3) is 0 Å². The van der Waals surface area contributed by atoms with E-state index in [0.717, 1.165) is 17.9 Å². The minimum Gasteiger partial charge on any atom is -0.313 e. The van der Waals surface area contributed by atoms with E-state index in [1.807, 2.05) is 13.1 Å². The molecule has 0 aromatic heterocycles. The van der Waals surface area contributed by atoms with Gasteiger partial charge in [-0.05, 0) is 43.5 Å². The van der Waals surface area contributed by atoms with Gasteiger partial charge in [-0.2, -0.15) is 0 Å². The van der Waals surface area contributed by atoms with Crippen LogP contribution in [0.15, 0.2) is 24.3 Å². The Morgan fingerprint density at radius 3 is 2.72 bits per heavy atom. The summed E-state index contributed by atoms with van der Waals surface area (Å²) < 4.78 is 13.2. The van der Waals surface area contributed by atoms with Crippen LogP contribution >= 0.6 is 0 Å². The minimum atomic E-state index is -0.134. The fourth-order valence-corrected chi connectivity index (χ4v) is 3.08. The maximum absolute atomic E-state index is 13.2. The largest absolute Gasteiger partial charge is 0.313 e. The summed E-state index contributed by atoms with van der Waals surface area (Å²) in [7, 11) is 1.97. The molecule has 1 aromatic rings. The quantitative estimate of drug-likeness (QED) is 0.813. The molecule has 1 nitrogen and oxygen atoms in total. The summed E-state index contributed by atoms with van der Waals surface area (Å²) in [5.41, 5.74) is 1.08. The standard InChI is InChI=1S/C16H24FN/c1-18-16(14-8-5-9-15(17)12-14)11-10-13-6-3-2-4-7-13/h5,8-9,12-13,16,18H,2-4,6-7,10-11H2,1H3. The fourth-order valence-electron chi connectivity index (χ4n) is 3.08. The molecule has 1 aromatic carbocycles. The second-order valence-electron chi connectivity index (χ2n) is 5.48. The van der Waals surface area contributed by atoms with E-state index in [0.29, 0.717) is 6.04 Å². The van der Waals surface area contributed by atoms with Crippen LogP contribution in [0.4, 0.5) is 4.39 Å². The van der Waals surface area contributed by atoms with Crippen LogP contribution in [0.1, 0.15) is 56.6 Å². The fraction of sp³-hybridized carbons (Fsp3) is 0.625. The predicted octanol–water partition coefficient (Wildman–Crippen LogP) is 4.45. The van der Waals surface area contributed by atoms with Crippen molar-refractivity contribution in [1.82, 2.24) is 5.32 Å². The van der Waals surface area contributed by atoms with Crippen LogP contribution < -0.4 is 5.32 Å². The number of rotatable bonds is 5. The topological polar surface area (TPSA) is 12.0 Å². The third kappa shape index (κ3) is 3.81. The molecule has 2 heteroatoms. The normalized spacial score (nSPS) is 18.8. The Labute approximate surface area is 110 Å². The lowest BCUT2D eigenvalue weighted by Gasteiger charge is -2.24. The van der Waals surface area contributed by atoms with Crippen molar-refractivity contribution >= 4 is 0 Å². The van der Waals surface area contributed by atoms with Crippen molar-refractivity contribution in [3.8, 4) is 0 Å². The summed E-state index contributed by atoms with van der Waals surface area (Å²) >= 11 is 0. The Bertz CT molecular complexity index is 358. The first kappa shape index (κ1) is 13.5. The van der Waals surface area contributed by atoms with Gasteiger partial charge in [-0.25, -0.2) is 4.39 Å². The van der Waals surface area contributed by atoms with E-state index in [-0.39, 0.29) is 5.82 Å². The van der Waals surface area contributed by atoms with E-state index < -0.39 is 0 Å². The summed E-state index contributed by atoms with van der Waals surface area (Å²) in [6, 6.07) is 7.28. The molecule has 0 amide bonds. The Morgan fingerprint density at radius 1 is 1.28 bits per heavy atom. The van der Waals surface area contributed by atoms with Gasteiger partial charge in [-0.3, -0.25) is 0 Å². The number of benzene rings is 1. The van der Waals surface area contributed by atoms with Gasteiger partial charge in [0.25, 0.3) is 0 Å². The number of nitrogens with one attached hydrogen (secondary N) is 1. The van der Waals surface area contributed by atoms with E-state index in [1.54, 1.807) is 12.1 Å². The summed E-state index contributed by atoms with van der Waals surface area (Å²) in [4.78, 5) is 0. The highest BCUT2D eigenvalue weighted by atomic mass is 19.1. The highest BCUT2D eigenvalue weighted by Gasteiger charge is 2.16. The van der Waals surface area contributed by atoms with Gasteiger partial charge >= 0.3 is 0 Å². The summed E-state index contributed by atoms with van der Waals surface area (Å²) in [6.07, 6.45) is 9.37. The minimum absolute atomic E-state index is 0.134. The second-order valence-corrected chi connectivity index (χ2v) is 5.48. The molecule has 1 aliphatic rings. The molecule has 0 radical (unpaired) electrons. The molecule has 1 saturated carbocycles. The molecule has 0 heterocycles. The lowest BCUT2D eigenvalue weighted by atomic mass is 9.84. The summed E-state index contributed by atoms with van der Waals surface area (Å²) in [6.45, 7) is 0. The smallest absolute Gasteiger partial charge is 0.123 e. The van der Waals surface area contributed by atoms with E-state index in [2.05, 4.69) is 5.32 Å². The SMILES string of the molecule is CNC(CCC1CCCCC1)c1cccc(F)c1. The van der Waals surface area contributed by atoms with E-state index >= 15 is 0 Å². The maximum Gasteiger partial charge on any atom is 0.123 e. The zero-order valence-electron chi connectivity index (χ0n) is 11.3. The number of hydrogen-bond donors (Lipinski definition) is 1. The Hall–Kier alpha value is -0.890. The van der Waals surface area contributed by atoms with Crippen molar-refractivity contribution in [2.24, 2.45) is 5.92 Å². The first-order valence-corrected chi connectivity index (χ1v) is 7.22. The maximum atomic E-state index is 13.2. The first-order chi connectivity index (χ1) is 8.79. The Morgan fingerprint density at radius 2 is 2.06 bits per heavy atom. The molecule has 1 aliphatic carbocycles. The highest BCUT2D eigenvalue weighted by molar-refractivity contribution is 5.20. The molecular formula is C16H24FN. The van der Waals surface area contributed by atoms with Crippen molar-refractivity contribution in [3.05, 3.63) is 35.6 Å². The molecule has 18 heavy (non-hydrogen) atoms. The van der Waals surface area contributed by atoms with Gasteiger partial charge in [-0.1, -0.05) is 44.2 Å². The molecule has 1 atom stereocenters. The van der Waals surface area contributed by atoms with Crippen molar-refractivity contribution in [2.45, 2.75) is 51.0 Å². The lowest BCUT2D eigenvalue weighted by Crippen LogP contribution is -2.18. The molecular weight excluding hydrogens is 225 g/mol. The van der Waals surface area contributed by atoms with Gasteiger partial charge in [-0.15, -0.1) is 0 Å². The van der Waals surface area contributed by atoms with Crippen LogP contribution in [0, 0.1) is 11.7 Å². The lowest BCUT2D eigenvalue weighted by molar-refractivity contribution is 0.317. The Balaban J connectivity index is 1.88. The number of halogens is 1. The van der Waals surface area contributed by atoms with Crippen LogP contribution in [0.2, 0.25) is 0 Å². The Kier molecular flexibility index (Phi) is 5.18. The molecule has 0 saturated heterocycles. The molecule has 1 unspecified atom stereocenters. The average Bonchev–Trinajstić information content (AvgIpc) is 2.41. The van der Waals surface area contributed by atoms with Crippen molar-refractivity contribution in [2.75, 3.05) is 7.05 Å². The second kappa shape index (κ2) is 6.89. The summed E-state index contributed by atoms with van der Waals surface area (Å²) in [5, 5.41) is 3.32. The van der Waals surface area contributed by atoms with E-state index in [1.165, 1.54) is 44.6 Å². The van der Waals surface area contributed by atoms with Gasteiger partial charge in [0.15, 0.2) is 0 Å². The molecule has 0 bridgehead atoms. The van der Waals surface area contributed by atoms with E-state index in [9.17, 15) is 4.39 Å². The zero-order chi connectivity index (χ0) is 12.8. The van der Waals surface area contributed by atoms with Gasteiger partial charge in [0.1, 0.15) is 5.82 Å². The van der Waals surface area contributed by atoms with Crippen molar-refractivity contribution in [1.29, 1.82) is 0 Å². The van der Waals surface area contributed by atoms with E-state index in [4.69, 9.17) is 0 Å². The molecule has 1 N–H and O–H groups in total. The highest BCUT2D eigenvalue weighted by Crippen LogP contribution is 2.30. The molecule has 0 spiro atoms. The monoisotopic (exact) mass is 249 g/mol. The first-order valence-electron chi connectivity index (χ1n) is 7.22. The molecule has 0 aliphatic heterocycles. The van der Waals surface area contributed by atoms with Gasteiger partial charge in [0, 0.05) is 6.04 Å². The van der Waals surface area contributed by atoms with Crippen molar-refractivity contribution < 1.29 is 4.39 Å². The van der Waals surface area contributed by atoms with Crippen LogP contribution in [0.5, 0.6) is 0 Å². The predicted molar refractivity (Wildman–Crippen MR) is 74.0 cm³/mol. The third-order valence-electron chi connectivity index (χ3n) is 4.19. The van der Waals surface area contributed by atoms with Crippen LogP contribution in [-0.4, -0.2) is 7.05 Å². The average molecular weight is 249 g/mol. The molecule has 2 rings (SSSR count). The molecule has 1 fully saturated rings. The zero-order valence-corrected chi connectivity index (χ0v) is 11.3. The third-order valence-corrected chi connectivity index (χ3v) is 4.19. The number of hydrogen-bond acceptors (Lipinski definition) is 1. The van der Waals surface area contributed by atoms with Gasteiger partial charge in [0.05, 0.1) is 0 Å². The molecule has 100 valence electrons. The van der Waals surface area contributed by atoms with Crippen molar-refractivity contribution in [3.63, 3.8) is 0 Å². The van der Waals surface area contributed by atoms with Gasteiger partial charge < -0.3 is 5.32 Å². The summed E-state index contributed by atoms with van der Waals surface area (Å²) in [5.74, 6) is 0.758.